The first-order chi connectivity index (χ1) is 10.7. The number of ether oxygens (including phenoxy) is 2. The molecule has 0 saturated heterocycles. The van der Waals surface area contributed by atoms with E-state index in [2.05, 4.69) is 6.92 Å². The summed E-state index contributed by atoms with van der Waals surface area (Å²) in [5.74, 6) is 0.952. The summed E-state index contributed by atoms with van der Waals surface area (Å²) in [4.78, 5) is 11.9. The average molecular weight is 305 g/mol. The van der Waals surface area contributed by atoms with Crippen LogP contribution >= 0.6 is 0 Å². The van der Waals surface area contributed by atoms with Gasteiger partial charge in [-0.2, -0.15) is 0 Å². The fourth-order valence-corrected chi connectivity index (χ4v) is 2.79. The molecule has 2 rings (SSSR count). The Morgan fingerprint density at radius 2 is 2.14 bits per heavy atom. The molecule has 22 heavy (non-hydrogen) atoms. The second-order valence-electron chi connectivity index (χ2n) is 6.09. The SMILES string of the molecule is CCCCCCCOC(=O)CC1COc2ccc(N)cc2C1. The number of unbranched alkanes of at least 4 members (excludes halogenated alkanes) is 4. The molecular weight excluding hydrogens is 278 g/mol. The van der Waals surface area contributed by atoms with Gasteiger partial charge in [-0.3, -0.25) is 4.79 Å². The van der Waals surface area contributed by atoms with Gasteiger partial charge in [-0.05, 0) is 36.6 Å². The number of nitrogen functional groups attached to an aromatic ring is 1. The third-order valence-electron chi connectivity index (χ3n) is 4.03. The highest BCUT2D eigenvalue weighted by Gasteiger charge is 2.23. The monoisotopic (exact) mass is 305 g/mol. The van der Waals surface area contributed by atoms with Gasteiger partial charge >= 0.3 is 5.97 Å². The summed E-state index contributed by atoms with van der Waals surface area (Å²) in [6.45, 7) is 3.31. The molecule has 4 nitrogen and oxygen atoms in total. The lowest BCUT2D eigenvalue weighted by Crippen LogP contribution is -2.24. The number of carbonyl (C=O) groups is 1. The molecule has 0 amide bonds. The molecule has 0 aliphatic carbocycles. The number of hydrogen-bond donors (Lipinski definition) is 1. The molecule has 2 N–H and O–H groups in total. The number of anilines is 1. The fraction of sp³-hybridized carbons (Fsp3) is 0.611. The number of rotatable bonds is 8. The van der Waals surface area contributed by atoms with E-state index < -0.39 is 0 Å². The van der Waals surface area contributed by atoms with E-state index in [1.54, 1.807) is 0 Å². The molecule has 1 heterocycles. The van der Waals surface area contributed by atoms with Gasteiger partial charge in [-0.25, -0.2) is 0 Å². The minimum Gasteiger partial charge on any atom is -0.493 e. The Kier molecular flexibility index (Phi) is 6.56. The van der Waals surface area contributed by atoms with Crippen LogP contribution in [0.2, 0.25) is 0 Å². The van der Waals surface area contributed by atoms with E-state index in [1.807, 2.05) is 18.2 Å². The third-order valence-corrected chi connectivity index (χ3v) is 4.03. The number of fused-ring (bicyclic) bond motifs is 1. The molecular formula is C18H27NO3. The smallest absolute Gasteiger partial charge is 0.306 e. The van der Waals surface area contributed by atoms with Crippen LogP contribution in [0.5, 0.6) is 5.75 Å². The maximum Gasteiger partial charge on any atom is 0.306 e. The number of nitrogens with two attached hydrogens (primary N) is 1. The van der Waals surface area contributed by atoms with Crippen molar-refractivity contribution in [2.75, 3.05) is 18.9 Å². The molecule has 0 aromatic heterocycles. The molecule has 1 unspecified atom stereocenters. The summed E-state index contributed by atoms with van der Waals surface area (Å²) in [7, 11) is 0. The summed E-state index contributed by atoms with van der Waals surface area (Å²) < 4.78 is 11.0. The van der Waals surface area contributed by atoms with Crippen LogP contribution in [-0.4, -0.2) is 19.2 Å². The Labute approximate surface area is 133 Å². The van der Waals surface area contributed by atoms with Gasteiger partial charge in [-0.15, -0.1) is 0 Å². The molecule has 0 radical (unpaired) electrons. The van der Waals surface area contributed by atoms with Crippen molar-refractivity contribution >= 4 is 11.7 Å². The first-order valence-corrected chi connectivity index (χ1v) is 8.36. The Morgan fingerprint density at radius 3 is 2.95 bits per heavy atom. The lowest BCUT2D eigenvalue weighted by molar-refractivity contribution is -0.145. The van der Waals surface area contributed by atoms with E-state index in [1.165, 1.54) is 19.3 Å². The summed E-state index contributed by atoms with van der Waals surface area (Å²) in [5.41, 5.74) is 7.62. The van der Waals surface area contributed by atoms with E-state index in [9.17, 15) is 4.79 Å². The zero-order valence-corrected chi connectivity index (χ0v) is 13.5. The van der Waals surface area contributed by atoms with Gasteiger partial charge < -0.3 is 15.2 Å². The summed E-state index contributed by atoms with van der Waals surface area (Å²) in [6.07, 6.45) is 7.06. The first-order valence-electron chi connectivity index (χ1n) is 8.36. The van der Waals surface area contributed by atoms with E-state index in [4.69, 9.17) is 15.2 Å². The highest BCUT2D eigenvalue weighted by atomic mass is 16.5. The van der Waals surface area contributed by atoms with Crippen molar-refractivity contribution in [1.82, 2.24) is 0 Å². The van der Waals surface area contributed by atoms with Gasteiger partial charge in [0.1, 0.15) is 5.75 Å². The number of esters is 1. The van der Waals surface area contributed by atoms with Gasteiger partial charge in [0.25, 0.3) is 0 Å². The maximum absolute atomic E-state index is 11.9. The van der Waals surface area contributed by atoms with Crippen LogP contribution < -0.4 is 10.5 Å². The molecule has 122 valence electrons. The fourth-order valence-electron chi connectivity index (χ4n) is 2.79. The quantitative estimate of drug-likeness (QED) is 0.452. The summed E-state index contributed by atoms with van der Waals surface area (Å²) in [5, 5.41) is 0. The molecule has 1 aliphatic heterocycles. The van der Waals surface area contributed by atoms with Crippen molar-refractivity contribution in [3.8, 4) is 5.75 Å². The average Bonchev–Trinajstić information content (AvgIpc) is 2.50. The number of benzene rings is 1. The van der Waals surface area contributed by atoms with Crippen molar-refractivity contribution in [3.05, 3.63) is 23.8 Å². The third kappa shape index (κ3) is 5.24. The van der Waals surface area contributed by atoms with Crippen LogP contribution in [0.3, 0.4) is 0 Å². The van der Waals surface area contributed by atoms with Crippen molar-refractivity contribution < 1.29 is 14.3 Å². The lowest BCUT2D eigenvalue weighted by atomic mass is 9.94. The van der Waals surface area contributed by atoms with Crippen LogP contribution in [0.15, 0.2) is 18.2 Å². The standard InChI is InChI=1S/C18H27NO3/c1-2-3-4-5-6-9-21-18(20)11-14-10-15-12-16(19)7-8-17(15)22-13-14/h7-8,12,14H,2-6,9-11,13,19H2,1H3. The minimum absolute atomic E-state index is 0.114. The largest absolute Gasteiger partial charge is 0.493 e. The predicted molar refractivity (Wildman–Crippen MR) is 87.9 cm³/mol. The Hall–Kier alpha value is -1.71. The van der Waals surface area contributed by atoms with E-state index in [0.29, 0.717) is 19.6 Å². The summed E-state index contributed by atoms with van der Waals surface area (Å²) >= 11 is 0. The van der Waals surface area contributed by atoms with Crippen molar-refractivity contribution in [1.29, 1.82) is 0 Å². The van der Waals surface area contributed by atoms with Crippen LogP contribution in [0, 0.1) is 5.92 Å². The van der Waals surface area contributed by atoms with Gasteiger partial charge in [0.2, 0.25) is 0 Å². The molecule has 1 aromatic rings. The summed E-state index contributed by atoms with van der Waals surface area (Å²) in [6, 6.07) is 5.67. The highest BCUT2D eigenvalue weighted by molar-refractivity contribution is 5.69. The molecule has 1 aliphatic rings. The molecule has 1 aromatic carbocycles. The number of carbonyl (C=O) groups excluding carboxylic acids is 1. The van der Waals surface area contributed by atoms with Crippen LogP contribution in [0.25, 0.3) is 0 Å². The minimum atomic E-state index is -0.114. The Morgan fingerprint density at radius 1 is 1.32 bits per heavy atom. The normalized spacial score (nSPS) is 16.7. The van der Waals surface area contributed by atoms with Crippen molar-refractivity contribution in [2.45, 2.75) is 51.9 Å². The van der Waals surface area contributed by atoms with Gasteiger partial charge in [0, 0.05) is 11.6 Å². The second kappa shape index (κ2) is 8.66. The second-order valence-corrected chi connectivity index (χ2v) is 6.09. The topological polar surface area (TPSA) is 61.5 Å². The Balaban J connectivity index is 1.67. The van der Waals surface area contributed by atoms with E-state index in [0.717, 1.165) is 36.3 Å². The van der Waals surface area contributed by atoms with E-state index in [-0.39, 0.29) is 11.9 Å². The molecule has 4 heteroatoms. The van der Waals surface area contributed by atoms with Crippen molar-refractivity contribution in [3.63, 3.8) is 0 Å². The van der Waals surface area contributed by atoms with Crippen LogP contribution in [0.1, 0.15) is 51.0 Å². The zero-order valence-electron chi connectivity index (χ0n) is 13.5. The molecule has 0 spiro atoms. The Bertz CT molecular complexity index is 487. The van der Waals surface area contributed by atoms with Crippen LogP contribution in [0.4, 0.5) is 5.69 Å². The lowest BCUT2D eigenvalue weighted by Gasteiger charge is -2.24. The van der Waals surface area contributed by atoms with Crippen molar-refractivity contribution in [2.24, 2.45) is 5.92 Å². The molecule has 0 saturated carbocycles. The number of hydrogen-bond acceptors (Lipinski definition) is 4. The zero-order chi connectivity index (χ0) is 15.8. The van der Waals surface area contributed by atoms with E-state index >= 15 is 0 Å². The molecule has 0 fully saturated rings. The first kappa shape index (κ1) is 16.7. The van der Waals surface area contributed by atoms with Crippen LogP contribution in [-0.2, 0) is 16.0 Å². The predicted octanol–water partition coefficient (Wildman–Crippen LogP) is 3.72. The van der Waals surface area contributed by atoms with Gasteiger partial charge in [-0.1, -0.05) is 32.6 Å². The molecule has 1 atom stereocenters. The maximum atomic E-state index is 11.9. The highest BCUT2D eigenvalue weighted by Crippen LogP contribution is 2.30. The molecule has 0 bridgehead atoms. The van der Waals surface area contributed by atoms with Gasteiger partial charge in [0.05, 0.1) is 19.6 Å². The van der Waals surface area contributed by atoms with Gasteiger partial charge in [0.15, 0.2) is 0 Å².